The van der Waals surface area contributed by atoms with Crippen molar-refractivity contribution in [3.05, 3.63) is 36.5 Å². The number of aromatic nitrogens is 1. The molecule has 1 aromatic heterocycles. The molecule has 23 heavy (non-hydrogen) atoms. The highest BCUT2D eigenvalue weighted by atomic mass is 15.2. The third kappa shape index (κ3) is 7.02. The SMILES string of the molecule is C.CC.CC.CC.c1ccc2c(N3CCCCC3)nccc2c1. The van der Waals surface area contributed by atoms with Crippen LogP contribution < -0.4 is 4.90 Å². The van der Waals surface area contributed by atoms with Gasteiger partial charge in [-0.25, -0.2) is 4.98 Å². The van der Waals surface area contributed by atoms with Gasteiger partial charge in [0, 0.05) is 24.7 Å². The van der Waals surface area contributed by atoms with E-state index < -0.39 is 0 Å². The van der Waals surface area contributed by atoms with Crippen LogP contribution in [0.5, 0.6) is 0 Å². The van der Waals surface area contributed by atoms with Gasteiger partial charge in [-0.05, 0) is 30.7 Å². The molecule has 0 atom stereocenters. The first-order chi connectivity index (χ1) is 10.9. The lowest BCUT2D eigenvalue weighted by atomic mass is 10.1. The van der Waals surface area contributed by atoms with Crippen molar-refractivity contribution in [3.8, 4) is 0 Å². The molecule has 3 rings (SSSR count). The van der Waals surface area contributed by atoms with Crippen LogP contribution >= 0.6 is 0 Å². The molecule has 2 heteroatoms. The minimum absolute atomic E-state index is 0. The molecule has 1 fully saturated rings. The molecule has 0 unspecified atom stereocenters. The van der Waals surface area contributed by atoms with Gasteiger partial charge in [0.2, 0.25) is 0 Å². The molecule has 1 aliphatic heterocycles. The van der Waals surface area contributed by atoms with Gasteiger partial charge in [-0.1, -0.05) is 73.2 Å². The molecule has 2 nitrogen and oxygen atoms in total. The summed E-state index contributed by atoms with van der Waals surface area (Å²) in [6.45, 7) is 14.3. The molecule has 0 amide bonds. The largest absolute Gasteiger partial charge is 0.356 e. The molecular formula is C21H38N2. The van der Waals surface area contributed by atoms with Crippen LogP contribution in [0.3, 0.4) is 0 Å². The van der Waals surface area contributed by atoms with Crippen molar-refractivity contribution in [3.63, 3.8) is 0 Å². The summed E-state index contributed by atoms with van der Waals surface area (Å²) in [5.74, 6) is 1.16. The van der Waals surface area contributed by atoms with E-state index in [2.05, 4.69) is 40.2 Å². The number of benzene rings is 1. The first kappa shape index (κ1) is 23.7. The van der Waals surface area contributed by atoms with E-state index in [9.17, 15) is 0 Å². The van der Waals surface area contributed by atoms with Crippen LogP contribution in [-0.2, 0) is 0 Å². The molecule has 0 bridgehead atoms. The monoisotopic (exact) mass is 318 g/mol. The predicted octanol–water partition coefficient (Wildman–Crippen LogP) is 6.94. The van der Waals surface area contributed by atoms with Crippen LogP contribution in [0.1, 0.15) is 68.2 Å². The Balaban J connectivity index is 0. The Bertz CT molecular complexity index is 483. The van der Waals surface area contributed by atoms with E-state index in [0.29, 0.717) is 0 Å². The highest BCUT2D eigenvalue weighted by molar-refractivity contribution is 5.92. The Morgan fingerprint density at radius 2 is 1.35 bits per heavy atom. The number of anilines is 1. The van der Waals surface area contributed by atoms with Crippen molar-refractivity contribution in [2.24, 2.45) is 0 Å². The summed E-state index contributed by atoms with van der Waals surface area (Å²) in [6.07, 6.45) is 5.88. The Kier molecular flexibility index (Phi) is 15.8. The number of rotatable bonds is 1. The lowest BCUT2D eigenvalue weighted by Gasteiger charge is -2.28. The van der Waals surface area contributed by atoms with Crippen LogP contribution in [0, 0.1) is 0 Å². The van der Waals surface area contributed by atoms with Crippen molar-refractivity contribution in [2.75, 3.05) is 18.0 Å². The molecule has 1 aliphatic rings. The fourth-order valence-corrected chi connectivity index (χ4v) is 2.46. The molecule has 2 heterocycles. The smallest absolute Gasteiger partial charge is 0.136 e. The van der Waals surface area contributed by atoms with E-state index in [0.717, 1.165) is 18.9 Å². The van der Waals surface area contributed by atoms with E-state index in [1.54, 1.807) is 0 Å². The summed E-state index contributed by atoms with van der Waals surface area (Å²) in [5.41, 5.74) is 0. The average Bonchev–Trinajstić information content (AvgIpc) is 2.67. The number of fused-ring (bicyclic) bond motifs is 1. The van der Waals surface area contributed by atoms with Gasteiger partial charge in [0.15, 0.2) is 0 Å². The molecule has 2 aromatic rings. The maximum Gasteiger partial charge on any atom is 0.136 e. The predicted molar refractivity (Wildman–Crippen MR) is 109 cm³/mol. The van der Waals surface area contributed by atoms with Gasteiger partial charge in [-0.3, -0.25) is 0 Å². The summed E-state index contributed by atoms with van der Waals surface area (Å²) >= 11 is 0. The fourth-order valence-electron chi connectivity index (χ4n) is 2.46. The lowest BCUT2D eigenvalue weighted by molar-refractivity contribution is 0.575. The highest BCUT2D eigenvalue weighted by Gasteiger charge is 2.13. The molecular weight excluding hydrogens is 280 g/mol. The van der Waals surface area contributed by atoms with Gasteiger partial charge < -0.3 is 4.90 Å². The Morgan fingerprint density at radius 3 is 1.96 bits per heavy atom. The zero-order chi connectivity index (χ0) is 16.8. The summed E-state index contributed by atoms with van der Waals surface area (Å²) < 4.78 is 0. The molecule has 0 saturated carbocycles. The first-order valence-electron chi connectivity index (χ1n) is 9.04. The Hall–Kier alpha value is -1.57. The second-order valence-corrected chi connectivity index (χ2v) is 4.40. The number of hydrogen-bond acceptors (Lipinski definition) is 2. The van der Waals surface area contributed by atoms with E-state index >= 15 is 0 Å². The molecule has 132 valence electrons. The number of piperidine rings is 1. The second kappa shape index (κ2) is 15.3. The van der Waals surface area contributed by atoms with Gasteiger partial charge in [-0.2, -0.15) is 0 Å². The van der Waals surface area contributed by atoms with E-state index in [1.807, 2.05) is 47.7 Å². The minimum Gasteiger partial charge on any atom is -0.356 e. The normalized spacial score (nSPS) is 12.3. The Morgan fingerprint density at radius 1 is 0.783 bits per heavy atom. The summed E-state index contributed by atoms with van der Waals surface area (Å²) in [7, 11) is 0. The molecule has 0 N–H and O–H groups in total. The molecule has 1 aromatic carbocycles. The summed E-state index contributed by atoms with van der Waals surface area (Å²) in [6, 6.07) is 10.6. The van der Waals surface area contributed by atoms with Crippen molar-refractivity contribution in [1.82, 2.24) is 4.98 Å². The van der Waals surface area contributed by atoms with Gasteiger partial charge in [0.25, 0.3) is 0 Å². The van der Waals surface area contributed by atoms with Gasteiger partial charge in [-0.15, -0.1) is 0 Å². The lowest BCUT2D eigenvalue weighted by Crippen LogP contribution is -2.30. The minimum atomic E-state index is 0. The topological polar surface area (TPSA) is 16.1 Å². The first-order valence-corrected chi connectivity index (χ1v) is 9.04. The van der Waals surface area contributed by atoms with Crippen molar-refractivity contribution in [1.29, 1.82) is 0 Å². The standard InChI is InChI=1S/C14H16N2.3C2H6.CH4/c1-4-10-16(11-5-1)14-13-7-3-2-6-12(13)8-9-15-14;3*1-2;/h2-3,6-9H,1,4-5,10-11H2;3*1-2H3;1H4. The number of hydrogen-bond donors (Lipinski definition) is 0. The summed E-state index contributed by atoms with van der Waals surface area (Å²) in [4.78, 5) is 6.98. The van der Waals surface area contributed by atoms with E-state index in [-0.39, 0.29) is 7.43 Å². The maximum atomic E-state index is 4.56. The third-order valence-electron chi connectivity index (χ3n) is 3.31. The molecule has 0 spiro atoms. The van der Waals surface area contributed by atoms with Crippen LogP contribution in [0.25, 0.3) is 10.8 Å². The van der Waals surface area contributed by atoms with Gasteiger partial charge in [0.1, 0.15) is 5.82 Å². The van der Waals surface area contributed by atoms with Crippen LogP contribution in [-0.4, -0.2) is 18.1 Å². The van der Waals surface area contributed by atoms with Crippen LogP contribution in [0.4, 0.5) is 5.82 Å². The zero-order valence-corrected chi connectivity index (χ0v) is 15.4. The molecule has 0 aliphatic carbocycles. The zero-order valence-electron chi connectivity index (χ0n) is 15.4. The van der Waals surface area contributed by atoms with Crippen molar-refractivity contribution >= 4 is 16.6 Å². The van der Waals surface area contributed by atoms with Crippen LogP contribution in [0.2, 0.25) is 0 Å². The number of pyridine rings is 1. The quantitative estimate of drug-likeness (QED) is 0.566. The molecule has 1 saturated heterocycles. The average molecular weight is 319 g/mol. The van der Waals surface area contributed by atoms with Crippen molar-refractivity contribution in [2.45, 2.75) is 68.2 Å². The fraction of sp³-hybridized carbons (Fsp3) is 0.571. The van der Waals surface area contributed by atoms with E-state index in [4.69, 9.17) is 0 Å². The second-order valence-electron chi connectivity index (χ2n) is 4.40. The highest BCUT2D eigenvalue weighted by Crippen LogP contribution is 2.26. The van der Waals surface area contributed by atoms with Crippen LogP contribution in [0.15, 0.2) is 36.5 Å². The van der Waals surface area contributed by atoms with Gasteiger partial charge >= 0.3 is 0 Å². The van der Waals surface area contributed by atoms with Gasteiger partial charge in [0.05, 0.1) is 0 Å². The van der Waals surface area contributed by atoms with Crippen molar-refractivity contribution < 1.29 is 0 Å². The maximum absolute atomic E-state index is 4.56. The molecule has 0 radical (unpaired) electrons. The Labute approximate surface area is 144 Å². The third-order valence-corrected chi connectivity index (χ3v) is 3.31. The number of nitrogens with zero attached hydrogens (tertiary/aromatic N) is 2. The van der Waals surface area contributed by atoms with E-state index in [1.165, 1.54) is 30.0 Å². The summed E-state index contributed by atoms with van der Waals surface area (Å²) in [5, 5.41) is 2.57.